The number of halogens is 2. The molecule has 0 heterocycles. The van der Waals surface area contributed by atoms with Gasteiger partial charge in [0.15, 0.2) is 0 Å². The van der Waals surface area contributed by atoms with Crippen LogP contribution in [0.25, 0.3) is 21.5 Å². The number of benzene rings is 4. The van der Waals surface area contributed by atoms with Gasteiger partial charge in [0.25, 0.3) is 0 Å². The number of hydrogen-bond donors (Lipinski definition) is 0. The molecule has 0 aliphatic heterocycles. The summed E-state index contributed by atoms with van der Waals surface area (Å²) in [6.45, 7) is 4.55. The number of fused-ring (bicyclic) bond motifs is 2. The first-order chi connectivity index (χ1) is 19.6. The fourth-order valence-electron chi connectivity index (χ4n) is 5.75. The molecule has 0 nitrogen and oxygen atoms in total. The zero-order valence-corrected chi connectivity index (χ0v) is 28.4. The molecule has 0 N–H and O–H groups in total. The molecule has 0 saturated heterocycles. The van der Waals surface area contributed by atoms with Crippen molar-refractivity contribution in [2.24, 2.45) is 0 Å². The van der Waals surface area contributed by atoms with Gasteiger partial charge < -0.3 is 24.8 Å². The van der Waals surface area contributed by atoms with E-state index in [9.17, 15) is 0 Å². The summed E-state index contributed by atoms with van der Waals surface area (Å²) in [4.78, 5) is 0. The van der Waals surface area contributed by atoms with E-state index in [0.29, 0.717) is 11.8 Å². The number of hydrogen-bond acceptors (Lipinski definition) is 0. The van der Waals surface area contributed by atoms with Crippen LogP contribution in [0.1, 0.15) is 73.6 Å². The Balaban J connectivity index is 0.000000186. The predicted octanol–water partition coefficient (Wildman–Crippen LogP) is 4.71. The molecule has 0 aromatic heterocycles. The maximum absolute atomic E-state index is 2.27. The molecule has 0 radical (unpaired) electrons. The van der Waals surface area contributed by atoms with Crippen LogP contribution in [-0.4, -0.2) is 3.21 Å². The molecule has 3 heteroatoms. The van der Waals surface area contributed by atoms with E-state index < -0.39 is 0 Å². The fourth-order valence-corrected chi connectivity index (χ4v) is 6.62. The summed E-state index contributed by atoms with van der Waals surface area (Å²) in [5.74, 6) is 0.909. The third kappa shape index (κ3) is 8.51. The Morgan fingerprint density at radius 2 is 0.881 bits per heavy atom. The van der Waals surface area contributed by atoms with Crippen molar-refractivity contribution in [3.05, 3.63) is 156 Å². The molecule has 42 heavy (non-hydrogen) atoms. The quantitative estimate of drug-likeness (QED) is 0.239. The van der Waals surface area contributed by atoms with Crippen molar-refractivity contribution in [2.45, 2.75) is 51.4 Å². The van der Waals surface area contributed by atoms with Gasteiger partial charge in [0.1, 0.15) is 0 Å². The average molecular weight is 669 g/mol. The Hall–Kier alpha value is -2.57. The molecule has 2 unspecified atom stereocenters. The molecule has 1 saturated carbocycles. The molecule has 0 amide bonds. The van der Waals surface area contributed by atoms with E-state index in [1.165, 1.54) is 69.5 Å². The summed E-state index contributed by atoms with van der Waals surface area (Å²) in [7, 11) is 0. The molecule has 1 aliphatic rings. The minimum atomic E-state index is 0. The van der Waals surface area contributed by atoms with E-state index in [-0.39, 0.29) is 24.8 Å². The van der Waals surface area contributed by atoms with Crippen LogP contribution >= 0.6 is 0 Å². The minimum absolute atomic E-state index is 0. The van der Waals surface area contributed by atoms with Crippen LogP contribution in [0.15, 0.2) is 133 Å². The summed E-state index contributed by atoms with van der Waals surface area (Å²) in [6, 6.07) is 47.5. The van der Waals surface area contributed by atoms with E-state index >= 15 is 0 Å². The average Bonchev–Trinajstić information content (AvgIpc) is 3.78. The maximum atomic E-state index is 2.27. The molecule has 6 aromatic carbocycles. The Labute approximate surface area is 279 Å². The van der Waals surface area contributed by atoms with Crippen LogP contribution in [0.3, 0.4) is 0 Å². The van der Waals surface area contributed by atoms with Crippen molar-refractivity contribution in [2.75, 3.05) is 0 Å². The van der Waals surface area contributed by atoms with Crippen molar-refractivity contribution in [1.82, 2.24) is 0 Å². The van der Waals surface area contributed by atoms with E-state index in [4.69, 9.17) is 0 Å². The summed E-state index contributed by atoms with van der Waals surface area (Å²) < 4.78 is 1.79. The second kappa shape index (κ2) is 16.9. The molecule has 0 spiro atoms. The zero-order chi connectivity index (χ0) is 27.7. The van der Waals surface area contributed by atoms with Crippen molar-refractivity contribution in [3.63, 3.8) is 0 Å². The monoisotopic (exact) mass is 666 g/mol. The first kappa shape index (κ1) is 33.9. The Morgan fingerprint density at radius 1 is 0.524 bits per heavy atom. The molecule has 7 rings (SSSR count). The van der Waals surface area contributed by atoms with Crippen LogP contribution in [-0.2, 0) is 24.2 Å². The molecule has 214 valence electrons. The first-order valence-corrected chi connectivity index (χ1v) is 15.8. The van der Waals surface area contributed by atoms with E-state index in [1.54, 1.807) is 27.4 Å². The normalized spacial score (nSPS) is 13.6. The van der Waals surface area contributed by atoms with Gasteiger partial charge in [-0.2, -0.15) is 0 Å². The molecular formula is C39H38Cl2Zr-2. The Bertz CT molecular complexity index is 1520. The summed E-state index contributed by atoms with van der Waals surface area (Å²) in [6.07, 6.45) is 5.83. The zero-order valence-electron chi connectivity index (χ0n) is 24.4. The van der Waals surface area contributed by atoms with Crippen molar-refractivity contribution in [3.8, 4) is 0 Å². The van der Waals surface area contributed by atoms with Gasteiger partial charge in [-0.05, 0) is 11.8 Å². The number of rotatable bonds is 4. The summed E-state index contributed by atoms with van der Waals surface area (Å²) in [5, 5.41) is 5.43. The van der Waals surface area contributed by atoms with Crippen LogP contribution in [0, 0.1) is 0 Å². The van der Waals surface area contributed by atoms with Gasteiger partial charge >= 0.3 is 53.1 Å². The van der Waals surface area contributed by atoms with E-state index in [1.807, 2.05) is 0 Å². The van der Waals surface area contributed by atoms with Gasteiger partial charge in [-0.25, -0.2) is 0 Å². The SMILES string of the molecule is CC(c1ccccc1)c1c[cH-]c2ccccc12.CC(c1ccccc1)c1c[cH-]c2ccccc12.[Cl-].[Cl-].[Zr+2]=[C]1CCCC1. The third-order valence-electron chi connectivity index (χ3n) is 8.17. The van der Waals surface area contributed by atoms with E-state index in [0.717, 1.165) is 0 Å². The molecule has 2 atom stereocenters. The van der Waals surface area contributed by atoms with Gasteiger partial charge in [-0.1, -0.05) is 97.8 Å². The van der Waals surface area contributed by atoms with Crippen LogP contribution in [0.4, 0.5) is 0 Å². The third-order valence-corrected chi connectivity index (χ3v) is 9.40. The summed E-state index contributed by atoms with van der Waals surface area (Å²) >= 11 is 1.68. The van der Waals surface area contributed by atoms with Crippen LogP contribution in [0.2, 0.25) is 0 Å². The topological polar surface area (TPSA) is 0 Å². The summed E-state index contributed by atoms with van der Waals surface area (Å²) in [5.41, 5.74) is 5.60. The van der Waals surface area contributed by atoms with Crippen LogP contribution in [0.5, 0.6) is 0 Å². The van der Waals surface area contributed by atoms with Gasteiger partial charge in [0, 0.05) is 0 Å². The van der Waals surface area contributed by atoms with E-state index in [2.05, 4.69) is 147 Å². The van der Waals surface area contributed by atoms with Gasteiger partial charge in [0.2, 0.25) is 0 Å². The van der Waals surface area contributed by atoms with Crippen molar-refractivity contribution < 1.29 is 49.0 Å². The van der Waals surface area contributed by atoms with Crippen molar-refractivity contribution in [1.29, 1.82) is 0 Å². The van der Waals surface area contributed by atoms with Crippen LogP contribution < -0.4 is 24.8 Å². The molecule has 1 fully saturated rings. The first-order valence-electron chi connectivity index (χ1n) is 14.6. The Morgan fingerprint density at radius 3 is 1.24 bits per heavy atom. The van der Waals surface area contributed by atoms with Gasteiger partial charge in [-0.15, -0.1) is 93.3 Å². The molecule has 6 aromatic rings. The van der Waals surface area contributed by atoms with Gasteiger partial charge in [-0.3, -0.25) is 0 Å². The van der Waals surface area contributed by atoms with Gasteiger partial charge in [0.05, 0.1) is 0 Å². The second-order valence-electron chi connectivity index (χ2n) is 10.8. The molecular weight excluding hydrogens is 631 g/mol. The predicted molar refractivity (Wildman–Crippen MR) is 170 cm³/mol. The fraction of sp³-hybridized carbons (Fsp3) is 0.205. The second-order valence-corrected chi connectivity index (χ2v) is 12.6. The molecule has 1 aliphatic carbocycles. The standard InChI is InChI=1S/2C17H15.C5H8.2ClH.Zr/c2*1-13(14-7-3-2-4-8-14)16-12-11-15-9-5-6-10-17(15)16;1-2-4-5-3-1;;;/h2*2-13H,1H3;1-4H2;2*1H;/q2*-1;;;;+2/p-2. The molecule has 0 bridgehead atoms. The Kier molecular flexibility index (Phi) is 13.7. The van der Waals surface area contributed by atoms with Crippen molar-refractivity contribution >= 4 is 24.8 Å².